The molecular formula is C16H25NO2S. The first-order valence-corrected chi connectivity index (χ1v) is 9.09. The van der Waals surface area contributed by atoms with Crippen molar-refractivity contribution in [3.63, 3.8) is 0 Å². The Hall–Kier alpha value is -0.870. The number of hydrogen-bond acceptors (Lipinski definition) is 3. The first-order chi connectivity index (χ1) is 9.25. The molecule has 0 aromatic heterocycles. The fourth-order valence-corrected chi connectivity index (χ4v) is 4.47. The number of nitrogens with one attached hydrogen (secondary N) is 1. The average Bonchev–Trinajstić information content (AvgIpc) is 2.67. The summed E-state index contributed by atoms with van der Waals surface area (Å²) in [5.41, 5.74) is 1.44. The van der Waals surface area contributed by atoms with Crippen LogP contribution in [0.2, 0.25) is 0 Å². The molecule has 2 unspecified atom stereocenters. The lowest BCUT2D eigenvalue weighted by atomic mass is 9.85. The molecule has 0 bridgehead atoms. The van der Waals surface area contributed by atoms with Crippen molar-refractivity contribution in [2.24, 2.45) is 5.41 Å². The molecule has 0 aliphatic carbocycles. The summed E-state index contributed by atoms with van der Waals surface area (Å²) < 4.78 is 23.2. The molecule has 1 saturated heterocycles. The van der Waals surface area contributed by atoms with E-state index in [-0.39, 0.29) is 23.3 Å². The van der Waals surface area contributed by atoms with Crippen LogP contribution >= 0.6 is 0 Å². The first kappa shape index (κ1) is 15.5. The number of benzene rings is 1. The Bertz CT molecular complexity index is 531. The van der Waals surface area contributed by atoms with Crippen molar-refractivity contribution in [1.82, 2.24) is 5.32 Å². The van der Waals surface area contributed by atoms with E-state index < -0.39 is 9.84 Å². The molecule has 1 aromatic carbocycles. The van der Waals surface area contributed by atoms with Gasteiger partial charge in [-0.1, -0.05) is 51.1 Å². The minimum absolute atomic E-state index is 0.0903. The van der Waals surface area contributed by atoms with Crippen LogP contribution in [0.1, 0.15) is 45.2 Å². The van der Waals surface area contributed by atoms with Gasteiger partial charge in [-0.25, -0.2) is 8.42 Å². The van der Waals surface area contributed by atoms with Crippen LogP contribution in [0, 0.1) is 5.41 Å². The highest BCUT2D eigenvalue weighted by atomic mass is 32.2. The fourth-order valence-electron chi connectivity index (χ4n) is 2.78. The Labute approximate surface area is 122 Å². The topological polar surface area (TPSA) is 46.2 Å². The Morgan fingerprint density at radius 3 is 2.40 bits per heavy atom. The van der Waals surface area contributed by atoms with E-state index in [0.29, 0.717) is 5.75 Å². The molecule has 1 fully saturated rings. The highest BCUT2D eigenvalue weighted by Crippen LogP contribution is 2.30. The van der Waals surface area contributed by atoms with Crippen molar-refractivity contribution in [3.8, 4) is 0 Å². The van der Waals surface area contributed by atoms with Crippen LogP contribution in [0.4, 0.5) is 0 Å². The van der Waals surface area contributed by atoms with Crippen LogP contribution < -0.4 is 5.32 Å². The molecule has 1 aromatic rings. The summed E-state index contributed by atoms with van der Waals surface area (Å²) >= 11 is 0. The second-order valence-corrected chi connectivity index (χ2v) is 9.22. The molecule has 1 aliphatic heterocycles. The van der Waals surface area contributed by atoms with E-state index in [1.807, 2.05) is 18.2 Å². The Kier molecular flexibility index (Phi) is 4.55. The van der Waals surface area contributed by atoms with Crippen molar-refractivity contribution >= 4 is 9.84 Å². The first-order valence-electron chi connectivity index (χ1n) is 7.27. The molecule has 0 spiro atoms. The van der Waals surface area contributed by atoms with Crippen molar-refractivity contribution in [2.75, 3.05) is 11.5 Å². The van der Waals surface area contributed by atoms with E-state index in [2.05, 4.69) is 38.2 Å². The van der Waals surface area contributed by atoms with E-state index in [1.165, 1.54) is 5.56 Å². The lowest BCUT2D eigenvalue weighted by Gasteiger charge is -2.29. The molecule has 4 heteroatoms. The van der Waals surface area contributed by atoms with Crippen molar-refractivity contribution in [2.45, 2.75) is 45.7 Å². The molecule has 2 atom stereocenters. The second-order valence-electron chi connectivity index (χ2n) is 6.99. The molecule has 112 valence electrons. The van der Waals surface area contributed by atoms with Crippen molar-refractivity contribution < 1.29 is 8.42 Å². The van der Waals surface area contributed by atoms with Gasteiger partial charge < -0.3 is 5.32 Å². The molecule has 0 amide bonds. The smallest absolute Gasteiger partial charge is 0.151 e. The van der Waals surface area contributed by atoms with E-state index in [4.69, 9.17) is 0 Å². The molecule has 2 rings (SSSR count). The third-order valence-corrected chi connectivity index (χ3v) is 5.46. The van der Waals surface area contributed by atoms with Crippen molar-refractivity contribution in [3.05, 3.63) is 35.9 Å². The zero-order chi connectivity index (χ0) is 14.8. The molecule has 1 N–H and O–H groups in total. The minimum atomic E-state index is -2.83. The summed E-state index contributed by atoms with van der Waals surface area (Å²) in [7, 11) is -2.83. The van der Waals surface area contributed by atoms with Crippen LogP contribution in [0.25, 0.3) is 0 Å². The largest absolute Gasteiger partial charge is 0.306 e. The third-order valence-electron chi connectivity index (χ3n) is 3.69. The van der Waals surface area contributed by atoms with Gasteiger partial charge in [0.25, 0.3) is 0 Å². The van der Waals surface area contributed by atoms with Gasteiger partial charge in [-0.2, -0.15) is 0 Å². The maximum Gasteiger partial charge on any atom is 0.151 e. The molecular weight excluding hydrogens is 270 g/mol. The molecule has 0 radical (unpaired) electrons. The molecule has 1 aliphatic rings. The lowest BCUT2D eigenvalue weighted by molar-refractivity contribution is 0.297. The Morgan fingerprint density at radius 1 is 1.25 bits per heavy atom. The second kappa shape index (κ2) is 5.86. The molecule has 3 nitrogen and oxygen atoms in total. The average molecular weight is 295 g/mol. The van der Waals surface area contributed by atoms with Gasteiger partial charge in [0, 0.05) is 12.1 Å². The van der Waals surface area contributed by atoms with Crippen LogP contribution in [0.5, 0.6) is 0 Å². The number of rotatable bonds is 4. The van der Waals surface area contributed by atoms with Crippen LogP contribution in [0.3, 0.4) is 0 Å². The summed E-state index contributed by atoms with van der Waals surface area (Å²) in [5.74, 6) is 0.599. The van der Waals surface area contributed by atoms with Gasteiger partial charge in [-0.3, -0.25) is 0 Å². The summed E-state index contributed by atoms with van der Waals surface area (Å²) in [6, 6.07) is 10.6. The molecule has 20 heavy (non-hydrogen) atoms. The summed E-state index contributed by atoms with van der Waals surface area (Å²) in [6.45, 7) is 6.65. The lowest BCUT2D eigenvalue weighted by Crippen LogP contribution is -2.35. The van der Waals surface area contributed by atoms with Gasteiger partial charge >= 0.3 is 0 Å². The van der Waals surface area contributed by atoms with Gasteiger partial charge in [0.2, 0.25) is 0 Å². The fraction of sp³-hybridized carbons (Fsp3) is 0.625. The van der Waals surface area contributed by atoms with Gasteiger partial charge in [0.05, 0.1) is 11.5 Å². The third kappa shape index (κ3) is 4.60. The van der Waals surface area contributed by atoms with Crippen LogP contribution in [0.15, 0.2) is 30.3 Å². The van der Waals surface area contributed by atoms with Gasteiger partial charge in [-0.05, 0) is 23.8 Å². The minimum Gasteiger partial charge on any atom is -0.306 e. The Morgan fingerprint density at radius 2 is 1.90 bits per heavy atom. The highest BCUT2D eigenvalue weighted by Gasteiger charge is 2.30. The highest BCUT2D eigenvalue weighted by molar-refractivity contribution is 7.91. The van der Waals surface area contributed by atoms with E-state index in [9.17, 15) is 8.42 Å². The van der Waals surface area contributed by atoms with Crippen LogP contribution in [-0.2, 0) is 9.84 Å². The van der Waals surface area contributed by atoms with Crippen molar-refractivity contribution in [1.29, 1.82) is 0 Å². The monoisotopic (exact) mass is 295 g/mol. The van der Waals surface area contributed by atoms with Gasteiger partial charge in [0.15, 0.2) is 9.84 Å². The quantitative estimate of drug-likeness (QED) is 0.929. The Balaban J connectivity index is 2.11. The van der Waals surface area contributed by atoms with Gasteiger partial charge in [-0.15, -0.1) is 0 Å². The SMILES string of the molecule is CC(C)(C)CC(NC1CCS(=O)(=O)C1)c1ccccc1. The number of sulfone groups is 1. The molecule has 0 saturated carbocycles. The van der Waals surface area contributed by atoms with E-state index >= 15 is 0 Å². The summed E-state index contributed by atoms with van der Waals surface area (Å²) in [5, 5.41) is 3.57. The zero-order valence-corrected chi connectivity index (χ0v) is 13.4. The summed E-state index contributed by atoms with van der Waals surface area (Å²) in [4.78, 5) is 0. The van der Waals surface area contributed by atoms with E-state index in [0.717, 1.165) is 12.8 Å². The summed E-state index contributed by atoms with van der Waals surface area (Å²) in [6.07, 6.45) is 1.73. The standard InChI is InChI=1S/C16H25NO2S/c1-16(2,3)11-15(13-7-5-4-6-8-13)17-14-9-10-20(18,19)12-14/h4-8,14-15,17H,9-12H2,1-3H3. The maximum atomic E-state index is 11.6. The maximum absolute atomic E-state index is 11.6. The predicted molar refractivity (Wildman–Crippen MR) is 83.4 cm³/mol. The number of hydrogen-bond donors (Lipinski definition) is 1. The molecule has 1 heterocycles. The van der Waals surface area contributed by atoms with Gasteiger partial charge in [0.1, 0.15) is 0 Å². The zero-order valence-electron chi connectivity index (χ0n) is 12.6. The van der Waals surface area contributed by atoms with Crippen LogP contribution in [-0.4, -0.2) is 26.0 Å². The normalized spacial score (nSPS) is 23.6. The predicted octanol–water partition coefficient (Wildman–Crippen LogP) is 2.94. The van der Waals surface area contributed by atoms with E-state index in [1.54, 1.807) is 0 Å².